The summed E-state index contributed by atoms with van der Waals surface area (Å²) >= 11 is 0. The summed E-state index contributed by atoms with van der Waals surface area (Å²) in [5, 5.41) is 3.65. The Bertz CT molecular complexity index is 83.0. The second kappa shape index (κ2) is 3.08. The topological polar surface area (TPSA) is 23.3 Å². The zero-order valence-corrected chi connectivity index (χ0v) is 4.89. The van der Waals surface area contributed by atoms with E-state index >= 15 is 0 Å². The van der Waals surface area contributed by atoms with Crippen molar-refractivity contribution in [2.45, 2.75) is 12.5 Å². The predicted octanol–water partition coefficient (Wildman–Crippen LogP) is 0.255. The van der Waals surface area contributed by atoms with Crippen molar-refractivity contribution in [3.05, 3.63) is 0 Å². The van der Waals surface area contributed by atoms with Gasteiger partial charge in [-0.1, -0.05) is 0 Å². The molecule has 1 aliphatic rings. The molecule has 0 aromatic rings. The molecule has 0 spiro atoms. The Labute approximate surface area is 52.2 Å². The van der Waals surface area contributed by atoms with E-state index in [2.05, 4.69) is 5.32 Å². The van der Waals surface area contributed by atoms with Gasteiger partial charge in [0, 0.05) is 6.54 Å². The summed E-state index contributed by atoms with van der Waals surface area (Å²) in [6.45, 7) is 0.982. The fourth-order valence-electron chi connectivity index (χ4n) is 0.692. The van der Waals surface area contributed by atoms with Crippen molar-refractivity contribution in [3.63, 3.8) is 0 Å². The average molecular weight is 136 g/mol. The quantitative estimate of drug-likeness (QED) is 0.507. The number of ether oxygens (including phenoxy) is 1. The monoisotopic (exact) mass is 136 g/mol. The van der Waals surface area contributed by atoms with E-state index in [1.54, 1.807) is 0 Å². The first-order valence-electron chi connectivity index (χ1n) is 2.83. The Morgan fingerprint density at radius 3 is 2.67 bits per heavy atom. The smallest absolute Gasteiger partial charge is 0.257 e. The van der Waals surface area contributed by atoms with Gasteiger partial charge < -0.3 is 4.74 Å². The molecule has 0 aromatic heterocycles. The zero-order chi connectivity index (χ0) is 6.69. The van der Waals surface area contributed by atoms with Crippen molar-refractivity contribution >= 4 is 0 Å². The number of hydrogen-bond donors (Lipinski definition) is 0. The van der Waals surface area contributed by atoms with Crippen LogP contribution in [0.3, 0.4) is 0 Å². The normalized spacial score (nSPS) is 29.0. The van der Waals surface area contributed by atoms with Gasteiger partial charge in [-0.05, 0) is 0 Å². The van der Waals surface area contributed by atoms with Crippen molar-refractivity contribution in [2.24, 2.45) is 0 Å². The van der Waals surface area contributed by atoms with E-state index in [0.29, 0.717) is 13.2 Å². The van der Waals surface area contributed by atoms with Gasteiger partial charge in [0.05, 0.1) is 13.2 Å². The Hall–Kier alpha value is -0.220. The first kappa shape index (κ1) is 6.89. The lowest BCUT2D eigenvalue weighted by atomic mass is 10.3. The summed E-state index contributed by atoms with van der Waals surface area (Å²) in [5.74, 6) is 0. The summed E-state index contributed by atoms with van der Waals surface area (Å²) in [5.41, 5.74) is 0. The van der Waals surface area contributed by atoms with Gasteiger partial charge in [0.1, 0.15) is 6.04 Å². The Balaban J connectivity index is 2.23. The standard InChI is InChI=1S/C5H8F2NO/c6-5(7)4-3-9-2-1-8-4/h4-5H,1-3H2. The van der Waals surface area contributed by atoms with E-state index in [1.165, 1.54) is 0 Å². The van der Waals surface area contributed by atoms with E-state index in [9.17, 15) is 8.78 Å². The third-order valence-corrected chi connectivity index (χ3v) is 1.18. The number of halogens is 2. The summed E-state index contributed by atoms with van der Waals surface area (Å²) in [4.78, 5) is 0. The molecule has 4 heteroatoms. The molecule has 0 amide bonds. The number of alkyl halides is 2. The summed E-state index contributed by atoms with van der Waals surface area (Å²) in [7, 11) is 0. The largest absolute Gasteiger partial charge is 0.378 e. The molecule has 1 radical (unpaired) electrons. The van der Waals surface area contributed by atoms with Crippen molar-refractivity contribution in [1.29, 1.82) is 0 Å². The number of morpholine rings is 1. The van der Waals surface area contributed by atoms with E-state index in [-0.39, 0.29) is 6.61 Å². The number of rotatable bonds is 1. The van der Waals surface area contributed by atoms with Crippen molar-refractivity contribution in [3.8, 4) is 0 Å². The van der Waals surface area contributed by atoms with Crippen LogP contribution in [0.15, 0.2) is 0 Å². The summed E-state index contributed by atoms with van der Waals surface area (Å²) in [6.07, 6.45) is -2.36. The lowest BCUT2D eigenvalue weighted by Gasteiger charge is -2.20. The molecule has 1 saturated heterocycles. The molecule has 9 heavy (non-hydrogen) atoms. The Morgan fingerprint density at radius 1 is 1.56 bits per heavy atom. The molecular formula is C5H8F2NO. The van der Waals surface area contributed by atoms with Crippen LogP contribution in [0.5, 0.6) is 0 Å². The first-order valence-corrected chi connectivity index (χ1v) is 2.83. The van der Waals surface area contributed by atoms with Gasteiger partial charge in [0.15, 0.2) is 0 Å². The Kier molecular flexibility index (Phi) is 2.36. The molecule has 1 unspecified atom stereocenters. The molecule has 0 aromatic carbocycles. The van der Waals surface area contributed by atoms with Crippen molar-refractivity contribution < 1.29 is 13.5 Å². The van der Waals surface area contributed by atoms with Gasteiger partial charge in [-0.2, -0.15) is 0 Å². The fourth-order valence-corrected chi connectivity index (χ4v) is 0.692. The van der Waals surface area contributed by atoms with Crippen LogP contribution in [0.4, 0.5) is 8.78 Å². The highest BCUT2D eigenvalue weighted by Gasteiger charge is 2.23. The van der Waals surface area contributed by atoms with Gasteiger partial charge in [0.2, 0.25) is 0 Å². The minimum atomic E-state index is -2.36. The van der Waals surface area contributed by atoms with Crippen molar-refractivity contribution in [1.82, 2.24) is 5.32 Å². The molecular weight excluding hydrogens is 128 g/mol. The van der Waals surface area contributed by atoms with E-state index in [0.717, 1.165) is 0 Å². The lowest BCUT2D eigenvalue weighted by molar-refractivity contribution is 0.00122. The number of nitrogens with zero attached hydrogens (tertiary/aromatic N) is 1. The van der Waals surface area contributed by atoms with Crippen LogP contribution in [0, 0.1) is 0 Å². The first-order chi connectivity index (χ1) is 4.30. The van der Waals surface area contributed by atoms with Gasteiger partial charge in [-0.25, -0.2) is 14.1 Å². The third kappa shape index (κ3) is 1.87. The van der Waals surface area contributed by atoms with Crippen LogP contribution in [0.25, 0.3) is 0 Å². The highest BCUT2D eigenvalue weighted by Crippen LogP contribution is 2.05. The molecule has 0 N–H and O–H groups in total. The molecule has 0 bridgehead atoms. The fraction of sp³-hybridized carbons (Fsp3) is 1.00. The lowest BCUT2D eigenvalue weighted by Crippen LogP contribution is -2.40. The van der Waals surface area contributed by atoms with Crippen molar-refractivity contribution in [2.75, 3.05) is 19.8 Å². The van der Waals surface area contributed by atoms with Crippen LogP contribution >= 0.6 is 0 Å². The molecule has 1 aliphatic heterocycles. The molecule has 0 aliphatic carbocycles. The molecule has 0 saturated carbocycles. The predicted molar refractivity (Wildman–Crippen MR) is 27.6 cm³/mol. The molecule has 53 valence electrons. The maximum Gasteiger partial charge on any atom is 0.257 e. The van der Waals surface area contributed by atoms with Crippen LogP contribution in [0.1, 0.15) is 0 Å². The maximum atomic E-state index is 11.7. The van der Waals surface area contributed by atoms with E-state index in [4.69, 9.17) is 4.74 Å². The van der Waals surface area contributed by atoms with Gasteiger partial charge in [-0.15, -0.1) is 0 Å². The molecule has 1 fully saturated rings. The minimum Gasteiger partial charge on any atom is -0.378 e. The van der Waals surface area contributed by atoms with Gasteiger partial charge in [-0.3, -0.25) is 0 Å². The second-order valence-electron chi connectivity index (χ2n) is 1.88. The van der Waals surface area contributed by atoms with Gasteiger partial charge >= 0.3 is 0 Å². The Morgan fingerprint density at radius 2 is 2.33 bits per heavy atom. The average Bonchev–Trinajstić information content (AvgIpc) is 1.90. The summed E-state index contributed by atoms with van der Waals surface area (Å²) < 4.78 is 28.3. The minimum absolute atomic E-state index is 0.0810. The van der Waals surface area contributed by atoms with E-state index < -0.39 is 12.5 Å². The maximum absolute atomic E-state index is 11.7. The van der Waals surface area contributed by atoms with Gasteiger partial charge in [0.25, 0.3) is 6.43 Å². The highest BCUT2D eigenvalue weighted by molar-refractivity contribution is 4.70. The zero-order valence-electron chi connectivity index (χ0n) is 4.89. The van der Waals surface area contributed by atoms with Crippen LogP contribution in [0.2, 0.25) is 0 Å². The molecule has 2 nitrogen and oxygen atoms in total. The molecule has 1 rings (SSSR count). The van der Waals surface area contributed by atoms with Crippen LogP contribution in [-0.2, 0) is 4.74 Å². The van der Waals surface area contributed by atoms with Crippen LogP contribution < -0.4 is 5.32 Å². The third-order valence-electron chi connectivity index (χ3n) is 1.18. The number of hydrogen-bond acceptors (Lipinski definition) is 1. The summed E-state index contributed by atoms with van der Waals surface area (Å²) in [6, 6.07) is -0.876. The van der Waals surface area contributed by atoms with Crippen LogP contribution in [-0.4, -0.2) is 32.2 Å². The molecule has 1 heterocycles. The second-order valence-corrected chi connectivity index (χ2v) is 1.88. The van der Waals surface area contributed by atoms with E-state index in [1.807, 2.05) is 0 Å². The highest BCUT2D eigenvalue weighted by atomic mass is 19.3. The SMILES string of the molecule is FC(F)C1COCC[N]1. The molecule has 1 atom stereocenters.